The maximum absolute atomic E-state index is 13.2. The number of hydrogen-bond acceptors (Lipinski definition) is 5. The third kappa shape index (κ3) is 3.62. The van der Waals surface area contributed by atoms with E-state index in [4.69, 9.17) is 0 Å². The topological polar surface area (TPSA) is 96.4 Å². The number of amides is 1. The first kappa shape index (κ1) is 21.9. The van der Waals surface area contributed by atoms with Crippen LogP contribution in [0.2, 0.25) is 0 Å². The van der Waals surface area contributed by atoms with Crippen LogP contribution in [0, 0.1) is 22.7 Å². The summed E-state index contributed by atoms with van der Waals surface area (Å²) in [6, 6.07) is 3.52. The van der Waals surface area contributed by atoms with E-state index in [1.54, 1.807) is 18.3 Å². The molecule has 30 heavy (non-hydrogen) atoms. The second kappa shape index (κ2) is 7.67. The Balaban J connectivity index is 1.38. The van der Waals surface area contributed by atoms with Crippen LogP contribution in [0.1, 0.15) is 46.0 Å². The van der Waals surface area contributed by atoms with Crippen LogP contribution in [0.3, 0.4) is 0 Å². The fourth-order valence-electron chi connectivity index (χ4n) is 5.59. The van der Waals surface area contributed by atoms with Gasteiger partial charge < -0.3 is 5.32 Å². The average Bonchev–Trinajstić information content (AvgIpc) is 3.04. The lowest BCUT2D eigenvalue weighted by Crippen LogP contribution is -2.49. The Hall–Kier alpha value is -1.32. The standard InChI is InChI=1S/C21H28BrN3O4S/c1-20(2)15-5-8-21(20,17(26)11-15)13-30(28,29)25-9-6-14(7-10-25)19(27)24-18-4-3-16(22)12-23-18/h3-4,12,14-15H,5-11,13H2,1-2H3,(H,23,24,27). The molecule has 2 bridgehead atoms. The van der Waals surface area contributed by atoms with Crippen molar-refractivity contribution in [2.45, 2.75) is 46.0 Å². The van der Waals surface area contributed by atoms with E-state index >= 15 is 0 Å². The molecule has 2 aliphatic carbocycles. The third-order valence-corrected chi connectivity index (χ3v) is 10.2. The van der Waals surface area contributed by atoms with Crippen molar-refractivity contribution in [3.8, 4) is 0 Å². The van der Waals surface area contributed by atoms with Crippen LogP contribution < -0.4 is 5.32 Å². The first-order chi connectivity index (χ1) is 14.0. The summed E-state index contributed by atoms with van der Waals surface area (Å²) < 4.78 is 28.7. The van der Waals surface area contributed by atoms with Crippen molar-refractivity contribution < 1.29 is 18.0 Å². The molecule has 1 saturated heterocycles. The number of pyridine rings is 1. The fourth-order valence-corrected chi connectivity index (χ4v) is 8.07. The molecule has 2 unspecified atom stereocenters. The van der Waals surface area contributed by atoms with Crippen molar-refractivity contribution in [2.24, 2.45) is 22.7 Å². The van der Waals surface area contributed by atoms with Crippen LogP contribution in [0.15, 0.2) is 22.8 Å². The highest BCUT2D eigenvalue weighted by Crippen LogP contribution is 2.64. The summed E-state index contributed by atoms with van der Waals surface area (Å²) in [6.07, 6.45) is 4.66. The molecule has 1 N–H and O–H groups in total. The summed E-state index contributed by atoms with van der Waals surface area (Å²) in [5.74, 6) is 0.411. The molecular weight excluding hydrogens is 470 g/mol. The fraction of sp³-hybridized carbons (Fsp3) is 0.667. The summed E-state index contributed by atoms with van der Waals surface area (Å²) in [5, 5.41) is 2.80. The molecular formula is C21H28BrN3O4S. The molecule has 3 aliphatic rings. The Morgan fingerprint density at radius 2 is 1.97 bits per heavy atom. The highest BCUT2D eigenvalue weighted by atomic mass is 79.9. The van der Waals surface area contributed by atoms with Gasteiger partial charge in [-0.1, -0.05) is 13.8 Å². The summed E-state index contributed by atoms with van der Waals surface area (Å²) in [5.41, 5.74) is -1.02. The molecule has 3 fully saturated rings. The number of halogens is 1. The number of hydrogen-bond donors (Lipinski definition) is 1. The van der Waals surface area contributed by atoms with Crippen LogP contribution in [-0.2, 0) is 19.6 Å². The predicted molar refractivity (Wildman–Crippen MR) is 117 cm³/mol. The van der Waals surface area contributed by atoms with E-state index in [1.807, 2.05) is 0 Å². The maximum Gasteiger partial charge on any atom is 0.228 e. The monoisotopic (exact) mass is 497 g/mol. The molecule has 0 aromatic carbocycles. The molecule has 9 heteroatoms. The van der Waals surface area contributed by atoms with Crippen LogP contribution in [0.25, 0.3) is 0 Å². The normalized spacial score (nSPS) is 29.3. The van der Waals surface area contributed by atoms with Crippen molar-refractivity contribution in [1.29, 1.82) is 0 Å². The molecule has 2 heterocycles. The Bertz CT molecular complexity index is 955. The number of rotatable bonds is 5. The molecule has 164 valence electrons. The van der Waals surface area contributed by atoms with Crippen molar-refractivity contribution in [1.82, 2.24) is 9.29 Å². The molecule has 2 atom stereocenters. The van der Waals surface area contributed by atoms with Crippen molar-refractivity contribution in [3.05, 3.63) is 22.8 Å². The SMILES string of the molecule is CC1(C)C2CCC1(CS(=O)(=O)N1CCC(C(=O)Nc3ccc(Br)cn3)CC1)C(=O)C2. The molecule has 7 nitrogen and oxygen atoms in total. The number of aromatic nitrogens is 1. The number of Topliss-reactive ketones (excluding diaryl/α,β-unsaturated/α-hetero) is 1. The predicted octanol–water partition coefficient (Wildman–Crippen LogP) is 3.22. The Morgan fingerprint density at radius 1 is 1.27 bits per heavy atom. The number of nitrogens with zero attached hydrogens (tertiary/aromatic N) is 2. The van der Waals surface area contributed by atoms with Gasteiger partial charge in [-0.15, -0.1) is 0 Å². The maximum atomic E-state index is 13.2. The van der Waals surface area contributed by atoms with Crippen LogP contribution in [-0.4, -0.2) is 48.2 Å². The van der Waals surface area contributed by atoms with E-state index in [1.165, 1.54) is 4.31 Å². The van der Waals surface area contributed by atoms with E-state index < -0.39 is 15.4 Å². The number of carbonyl (C=O) groups excluding carboxylic acids is 2. The zero-order valence-electron chi connectivity index (χ0n) is 17.4. The van der Waals surface area contributed by atoms with E-state index in [0.717, 1.165) is 10.9 Å². The van der Waals surface area contributed by atoms with Gasteiger partial charge in [-0.3, -0.25) is 9.59 Å². The second-order valence-electron chi connectivity index (χ2n) is 9.45. The van der Waals surface area contributed by atoms with E-state index in [9.17, 15) is 18.0 Å². The van der Waals surface area contributed by atoms with Crippen LogP contribution in [0.5, 0.6) is 0 Å². The van der Waals surface area contributed by atoms with Gasteiger partial charge >= 0.3 is 0 Å². The summed E-state index contributed by atoms with van der Waals surface area (Å²) in [7, 11) is -3.56. The van der Waals surface area contributed by atoms with Gasteiger partial charge in [0.05, 0.1) is 5.75 Å². The summed E-state index contributed by atoms with van der Waals surface area (Å²) in [6.45, 7) is 4.72. The minimum Gasteiger partial charge on any atom is -0.310 e. The Kier molecular flexibility index (Phi) is 5.60. The molecule has 0 radical (unpaired) electrons. The molecule has 1 aliphatic heterocycles. The second-order valence-corrected chi connectivity index (χ2v) is 12.3. The Morgan fingerprint density at radius 3 is 2.50 bits per heavy atom. The largest absolute Gasteiger partial charge is 0.310 e. The van der Waals surface area contributed by atoms with Gasteiger partial charge in [0.25, 0.3) is 0 Å². The van der Waals surface area contributed by atoms with Gasteiger partial charge in [-0.25, -0.2) is 17.7 Å². The number of carbonyl (C=O) groups is 2. The number of nitrogens with one attached hydrogen (secondary N) is 1. The number of sulfonamides is 1. The van der Waals surface area contributed by atoms with E-state index in [-0.39, 0.29) is 28.8 Å². The van der Waals surface area contributed by atoms with Crippen molar-refractivity contribution >= 4 is 43.5 Å². The van der Waals surface area contributed by atoms with Crippen LogP contribution >= 0.6 is 15.9 Å². The quantitative estimate of drug-likeness (QED) is 0.673. The number of anilines is 1. The molecule has 4 rings (SSSR count). The lowest BCUT2D eigenvalue weighted by Gasteiger charge is -2.39. The van der Waals surface area contributed by atoms with Gasteiger partial charge in [0.1, 0.15) is 11.6 Å². The molecule has 1 amide bonds. The van der Waals surface area contributed by atoms with Gasteiger partial charge in [-0.2, -0.15) is 0 Å². The minimum atomic E-state index is -3.56. The van der Waals surface area contributed by atoms with E-state index in [2.05, 4.69) is 40.1 Å². The molecule has 0 spiro atoms. The van der Waals surface area contributed by atoms with Gasteiger partial charge in [0.2, 0.25) is 15.9 Å². The Labute approximate surface area is 186 Å². The van der Waals surface area contributed by atoms with Crippen LogP contribution in [0.4, 0.5) is 5.82 Å². The third-order valence-electron chi connectivity index (χ3n) is 7.76. The van der Waals surface area contributed by atoms with Gasteiger partial charge in [-0.05, 0) is 65.1 Å². The zero-order chi connectivity index (χ0) is 21.7. The summed E-state index contributed by atoms with van der Waals surface area (Å²) in [4.78, 5) is 29.4. The lowest BCUT2D eigenvalue weighted by atomic mass is 9.70. The van der Waals surface area contributed by atoms with Gasteiger partial charge in [0.15, 0.2) is 0 Å². The smallest absolute Gasteiger partial charge is 0.228 e. The number of ketones is 1. The summed E-state index contributed by atoms with van der Waals surface area (Å²) >= 11 is 3.31. The molecule has 1 aromatic rings. The lowest BCUT2D eigenvalue weighted by molar-refractivity contribution is -0.128. The number of fused-ring (bicyclic) bond motifs is 2. The first-order valence-corrected chi connectivity index (χ1v) is 12.9. The average molecular weight is 498 g/mol. The van der Waals surface area contributed by atoms with Gasteiger partial charge in [0, 0.05) is 41.5 Å². The first-order valence-electron chi connectivity index (χ1n) is 10.5. The highest BCUT2D eigenvalue weighted by molar-refractivity contribution is 9.10. The van der Waals surface area contributed by atoms with E-state index in [0.29, 0.717) is 50.5 Å². The zero-order valence-corrected chi connectivity index (χ0v) is 19.8. The molecule has 1 aromatic heterocycles. The number of piperidine rings is 1. The minimum absolute atomic E-state index is 0.0952. The van der Waals surface area contributed by atoms with Crippen molar-refractivity contribution in [2.75, 3.05) is 24.2 Å². The van der Waals surface area contributed by atoms with Crippen molar-refractivity contribution in [3.63, 3.8) is 0 Å². The molecule has 2 saturated carbocycles. The highest BCUT2D eigenvalue weighted by Gasteiger charge is 2.65.